The number of aryl methyl sites for hydroxylation is 1. The van der Waals surface area contributed by atoms with Crippen LogP contribution in [0.3, 0.4) is 0 Å². The third-order valence-corrected chi connectivity index (χ3v) is 5.55. The first-order valence-corrected chi connectivity index (χ1v) is 11.2. The predicted octanol–water partition coefficient (Wildman–Crippen LogP) is 3.30. The van der Waals surface area contributed by atoms with Crippen LogP contribution in [0.5, 0.6) is 17.2 Å². The van der Waals surface area contributed by atoms with Crippen molar-refractivity contribution in [3.63, 3.8) is 0 Å². The topological polar surface area (TPSA) is 114 Å². The number of pyridine rings is 1. The average molecular weight is 480 g/mol. The highest BCUT2D eigenvalue weighted by Crippen LogP contribution is 2.40. The van der Waals surface area contributed by atoms with E-state index in [-0.39, 0.29) is 6.03 Å². The maximum atomic E-state index is 12.9. The highest BCUT2D eigenvalue weighted by atomic mass is 16.5. The molecule has 2 amide bonds. The fraction of sp³-hybridized carbons (Fsp3) is 0.333. The van der Waals surface area contributed by atoms with Crippen LogP contribution in [0.4, 0.5) is 27.9 Å². The van der Waals surface area contributed by atoms with Gasteiger partial charge in [-0.05, 0) is 19.1 Å². The van der Waals surface area contributed by atoms with Gasteiger partial charge in [-0.15, -0.1) is 0 Å². The molecule has 0 saturated carbocycles. The van der Waals surface area contributed by atoms with Crippen molar-refractivity contribution in [1.29, 1.82) is 0 Å². The van der Waals surface area contributed by atoms with Crippen molar-refractivity contribution in [1.82, 2.24) is 19.9 Å². The molecule has 2 N–H and O–H groups in total. The molecule has 11 nitrogen and oxygen atoms in total. The second kappa shape index (κ2) is 10.8. The Labute approximate surface area is 204 Å². The molecule has 0 unspecified atom stereocenters. The van der Waals surface area contributed by atoms with Gasteiger partial charge in [-0.3, -0.25) is 0 Å². The number of hydrogen-bond donors (Lipinski definition) is 2. The summed E-state index contributed by atoms with van der Waals surface area (Å²) in [6.07, 6.45) is 1.72. The molecule has 3 aromatic rings. The number of hydrogen-bond acceptors (Lipinski definition) is 9. The van der Waals surface area contributed by atoms with E-state index < -0.39 is 0 Å². The van der Waals surface area contributed by atoms with Crippen LogP contribution in [0.1, 0.15) is 5.82 Å². The van der Waals surface area contributed by atoms with Crippen LogP contribution in [0.2, 0.25) is 0 Å². The predicted molar refractivity (Wildman–Crippen MR) is 133 cm³/mol. The first kappa shape index (κ1) is 23.9. The number of anilines is 4. The molecule has 1 aromatic carbocycles. The number of aromatic nitrogens is 3. The molecule has 0 radical (unpaired) electrons. The van der Waals surface area contributed by atoms with Crippen LogP contribution in [0.15, 0.2) is 42.6 Å². The van der Waals surface area contributed by atoms with Crippen LogP contribution in [0, 0.1) is 6.92 Å². The fourth-order valence-electron chi connectivity index (χ4n) is 3.84. The summed E-state index contributed by atoms with van der Waals surface area (Å²) in [6, 6.07) is 10.8. The van der Waals surface area contributed by atoms with Gasteiger partial charge in [-0.2, -0.15) is 0 Å². The molecule has 1 aliphatic rings. The molecule has 3 heterocycles. The Balaban J connectivity index is 1.40. The van der Waals surface area contributed by atoms with Gasteiger partial charge >= 0.3 is 6.03 Å². The van der Waals surface area contributed by atoms with E-state index in [0.717, 1.165) is 5.82 Å². The molecule has 0 aliphatic carbocycles. The summed E-state index contributed by atoms with van der Waals surface area (Å²) in [5.41, 5.74) is 0.559. The molecule has 1 saturated heterocycles. The number of rotatable bonds is 7. The van der Waals surface area contributed by atoms with Crippen molar-refractivity contribution in [2.75, 3.05) is 63.0 Å². The number of amides is 2. The molecule has 35 heavy (non-hydrogen) atoms. The monoisotopic (exact) mass is 479 g/mol. The summed E-state index contributed by atoms with van der Waals surface area (Å²) < 4.78 is 16.1. The molecular weight excluding hydrogens is 450 g/mol. The second-order valence-electron chi connectivity index (χ2n) is 7.82. The van der Waals surface area contributed by atoms with Crippen LogP contribution in [-0.4, -0.2) is 73.4 Å². The second-order valence-corrected chi connectivity index (χ2v) is 7.82. The molecular formula is C24H29N7O4. The number of urea groups is 1. The molecule has 0 spiro atoms. The lowest BCUT2D eigenvalue weighted by molar-refractivity contribution is 0.208. The van der Waals surface area contributed by atoms with Gasteiger partial charge in [0.2, 0.25) is 5.75 Å². The Bertz CT molecular complexity index is 1140. The van der Waals surface area contributed by atoms with Gasteiger partial charge in [0.25, 0.3) is 0 Å². The number of carbonyl (C=O) groups excluding carboxylic acids is 1. The molecule has 184 valence electrons. The number of piperazine rings is 1. The van der Waals surface area contributed by atoms with Crippen LogP contribution in [0.25, 0.3) is 0 Å². The van der Waals surface area contributed by atoms with Gasteiger partial charge in [-0.1, -0.05) is 6.07 Å². The molecule has 11 heteroatoms. The van der Waals surface area contributed by atoms with Crippen molar-refractivity contribution in [2.24, 2.45) is 0 Å². The molecule has 0 atom stereocenters. The fourth-order valence-corrected chi connectivity index (χ4v) is 3.84. The molecule has 1 fully saturated rings. The van der Waals surface area contributed by atoms with E-state index in [4.69, 9.17) is 14.2 Å². The van der Waals surface area contributed by atoms with Crippen LogP contribution in [-0.2, 0) is 0 Å². The van der Waals surface area contributed by atoms with Gasteiger partial charge in [-0.25, -0.2) is 19.7 Å². The number of ether oxygens (including phenoxy) is 3. The lowest BCUT2D eigenvalue weighted by Crippen LogP contribution is -2.50. The Morgan fingerprint density at radius 1 is 0.914 bits per heavy atom. The zero-order valence-electron chi connectivity index (χ0n) is 20.2. The van der Waals surface area contributed by atoms with E-state index >= 15 is 0 Å². The molecule has 0 bridgehead atoms. The number of methoxy groups -OCH3 is 3. The van der Waals surface area contributed by atoms with Crippen molar-refractivity contribution < 1.29 is 19.0 Å². The maximum absolute atomic E-state index is 12.9. The summed E-state index contributed by atoms with van der Waals surface area (Å²) in [5.74, 6) is 4.27. The van der Waals surface area contributed by atoms with Gasteiger partial charge in [0.05, 0.1) is 27.0 Å². The van der Waals surface area contributed by atoms with E-state index in [2.05, 4.69) is 30.5 Å². The number of nitrogens with zero attached hydrogens (tertiary/aromatic N) is 5. The minimum Gasteiger partial charge on any atom is -0.493 e. The van der Waals surface area contributed by atoms with E-state index in [0.29, 0.717) is 66.6 Å². The smallest absolute Gasteiger partial charge is 0.321 e. The molecule has 4 rings (SSSR count). The normalized spacial score (nSPS) is 13.3. The summed E-state index contributed by atoms with van der Waals surface area (Å²) in [4.78, 5) is 30.2. The Morgan fingerprint density at radius 3 is 2.23 bits per heavy atom. The van der Waals surface area contributed by atoms with Crippen molar-refractivity contribution in [3.8, 4) is 17.2 Å². The van der Waals surface area contributed by atoms with E-state index in [1.807, 2.05) is 31.2 Å². The molecule has 1 aliphatic heterocycles. The summed E-state index contributed by atoms with van der Waals surface area (Å²) in [5, 5.41) is 6.14. The third-order valence-electron chi connectivity index (χ3n) is 5.55. The quantitative estimate of drug-likeness (QED) is 0.527. The summed E-state index contributed by atoms with van der Waals surface area (Å²) in [7, 11) is 4.61. The Hall–Kier alpha value is -4.28. The minimum absolute atomic E-state index is 0.199. The summed E-state index contributed by atoms with van der Waals surface area (Å²) in [6.45, 7) is 4.23. The van der Waals surface area contributed by atoms with Gasteiger partial charge < -0.3 is 34.6 Å². The number of benzene rings is 1. The first-order valence-electron chi connectivity index (χ1n) is 11.2. The lowest BCUT2D eigenvalue weighted by atomic mass is 10.2. The van der Waals surface area contributed by atoms with Crippen molar-refractivity contribution >= 4 is 29.2 Å². The van der Waals surface area contributed by atoms with E-state index in [9.17, 15) is 4.79 Å². The minimum atomic E-state index is -0.199. The highest BCUT2D eigenvalue weighted by Gasteiger charge is 2.23. The molecule has 2 aromatic heterocycles. The van der Waals surface area contributed by atoms with Gasteiger partial charge in [0.1, 0.15) is 23.3 Å². The van der Waals surface area contributed by atoms with Gasteiger partial charge in [0, 0.05) is 50.6 Å². The summed E-state index contributed by atoms with van der Waals surface area (Å²) >= 11 is 0. The zero-order valence-corrected chi connectivity index (χ0v) is 20.2. The van der Waals surface area contributed by atoms with Gasteiger partial charge in [0.15, 0.2) is 11.5 Å². The third kappa shape index (κ3) is 5.62. The lowest BCUT2D eigenvalue weighted by Gasteiger charge is -2.35. The maximum Gasteiger partial charge on any atom is 0.321 e. The van der Waals surface area contributed by atoms with Crippen LogP contribution >= 0.6 is 0 Å². The number of nitrogens with one attached hydrogen (secondary N) is 2. The van der Waals surface area contributed by atoms with Crippen LogP contribution < -0.4 is 29.7 Å². The van der Waals surface area contributed by atoms with E-state index in [1.165, 1.54) is 21.3 Å². The standard InChI is InChI=1S/C24H29N7O4/c1-16-26-21(29-20-7-5-6-8-25-20)15-22(27-16)30-9-11-31(12-10-30)24(32)28-17-13-18(33-2)23(35-4)19(14-17)34-3/h5-8,13-15H,9-12H2,1-4H3,(H,28,32)(H,25,26,27,29). The first-order chi connectivity index (χ1) is 17.0. The van der Waals surface area contributed by atoms with E-state index in [1.54, 1.807) is 23.2 Å². The number of carbonyl (C=O) groups is 1. The Morgan fingerprint density at radius 2 is 1.63 bits per heavy atom. The largest absolute Gasteiger partial charge is 0.493 e. The zero-order chi connectivity index (χ0) is 24.8. The average Bonchev–Trinajstić information content (AvgIpc) is 2.88. The van der Waals surface area contributed by atoms with Crippen molar-refractivity contribution in [3.05, 3.63) is 48.4 Å². The highest BCUT2D eigenvalue weighted by molar-refractivity contribution is 5.90. The van der Waals surface area contributed by atoms with Crippen molar-refractivity contribution in [2.45, 2.75) is 6.92 Å². The SMILES string of the molecule is COc1cc(NC(=O)N2CCN(c3cc(Nc4ccccn4)nc(C)n3)CC2)cc(OC)c1OC. The Kier molecular flexibility index (Phi) is 7.34.